The molecule has 7 heteroatoms. The Balaban J connectivity index is 2.75. The normalized spacial score (nSPS) is 10.7. The SMILES string of the molecule is C=Cc1ccc(S(=O)(=O)NC(=O)CCC(=O)NCCC)cc1C=C. The van der Waals surface area contributed by atoms with Crippen LogP contribution in [0.4, 0.5) is 0 Å². The summed E-state index contributed by atoms with van der Waals surface area (Å²) in [5.74, 6) is -1.01. The van der Waals surface area contributed by atoms with Crippen LogP contribution in [0.2, 0.25) is 0 Å². The molecular formula is C17H22N2O4S. The smallest absolute Gasteiger partial charge is 0.264 e. The second-order valence-corrected chi connectivity index (χ2v) is 6.76. The zero-order valence-electron chi connectivity index (χ0n) is 13.7. The molecular weight excluding hydrogens is 328 g/mol. The highest BCUT2D eigenvalue weighted by atomic mass is 32.2. The molecule has 0 bridgehead atoms. The fourth-order valence-electron chi connectivity index (χ4n) is 1.92. The van der Waals surface area contributed by atoms with Crippen LogP contribution in [0.15, 0.2) is 36.3 Å². The molecule has 0 unspecified atom stereocenters. The fraction of sp³-hybridized carbons (Fsp3) is 0.294. The maximum atomic E-state index is 12.2. The molecule has 130 valence electrons. The van der Waals surface area contributed by atoms with Gasteiger partial charge < -0.3 is 5.32 Å². The first-order chi connectivity index (χ1) is 11.3. The van der Waals surface area contributed by atoms with Crippen LogP contribution in [0.5, 0.6) is 0 Å². The number of benzene rings is 1. The van der Waals surface area contributed by atoms with E-state index < -0.39 is 15.9 Å². The average Bonchev–Trinajstić information content (AvgIpc) is 2.56. The Morgan fingerprint density at radius 3 is 2.29 bits per heavy atom. The molecule has 0 aliphatic carbocycles. The summed E-state index contributed by atoms with van der Waals surface area (Å²) in [6, 6.07) is 4.38. The molecule has 0 heterocycles. The van der Waals surface area contributed by atoms with Gasteiger partial charge in [0, 0.05) is 19.4 Å². The Morgan fingerprint density at radius 2 is 1.71 bits per heavy atom. The van der Waals surface area contributed by atoms with Crippen LogP contribution in [-0.2, 0) is 19.6 Å². The lowest BCUT2D eigenvalue weighted by molar-refractivity contribution is -0.125. The zero-order chi connectivity index (χ0) is 18.2. The van der Waals surface area contributed by atoms with Crippen molar-refractivity contribution >= 4 is 34.0 Å². The Bertz CT molecular complexity index is 739. The predicted octanol–water partition coefficient (Wildman–Crippen LogP) is 2.08. The molecule has 1 aromatic rings. The van der Waals surface area contributed by atoms with E-state index in [1.807, 2.05) is 11.6 Å². The summed E-state index contributed by atoms with van der Waals surface area (Å²) in [4.78, 5) is 23.2. The van der Waals surface area contributed by atoms with Crippen LogP contribution in [0.25, 0.3) is 12.2 Å². The predicted molar refractivity (Wildman–Crippen MR) is 94.5 cm³/mol. The summed E-state index contributed by atoms with van der Waals surface area (Å²) in [5, 5.41) is 2.62. The van der Waals surface area contributed by atoms with Gasteiger partial charge in [-0.3, -0.25) is 9.59 Å². The first-order valence-corrected chi connectivity index (χ1v) is 9.03. The van der Waals surface area contributed by atoms with E-state index in [0.717, 1.165) is 12.0 Å². The van der Waals surface area contributed by atoms with Gasteiger partial charge in [-0.25, -0.2) is 13.1 Å². The van der Waals surface area contributed by atoms with Gasteiger partial charge in [0.05, 0.1) is 4.90 Å². The fourth-order valence-corrected chi connectivity index (χ4v) is 2.97. The molecule has 0 saturated carbocycles. The molecule has 6 nitrogen and oxygen atoms in total. The number of hydrogen-bond donors (Lipinski definition) is 2. The Labute approximate surface area is 142 Å². The van der Waals surface area contributed by atoms with Gasteiger partial charge in [0.2, 0.25) is 11.8 Å². The van der Waals surface area contributed by atoms with Crippen LogP contribution >= 0.6 is 0 Å². The number of carbonyl (C=O) groups is 2. The third-order valence-corrected chi connectivity index (χ3v) is 4.58. The van der Waals surface area contributed by atoms with Gasteiger partial charge in [0.15, 0.2) is 0 Å². The number of amides is 2. The lowest BCUT2D eigenvalue weighted by Crippen LogP contribution is -2.32. The summed E-state index contributed by atoms with van der Waals surface area (Å²) < 4.78 is 26.4. The minimum absolute atomic E-state index is 0.0493. The highest BCUT2D eigenvalue weighted by Crippen LogP contribution is 2.18. The monoisotopic (exact) mass is 350 g/mol. The molecule has 0 aliphatic heterocycles. The quantitative estimate of drug-likeness (QED) is 0.713. The van der Waals surface area contributed by atoms with Crippen molar-refractivity contribution in [2.75, 3.05) is 6.54 Å². The molecule has 0 aliphatic rings. The van der Waals surface area contributed by atoms with Gasteiger partial charge in [-0.15, -0.1) is 0 Å². The summed E-state index contributed by atoms with van der Waals surface area (Å²) in [6.07, 6.45) is 3.62. The number of carbonyl (C=O) groups excluding carboxylic acids is 2. The first-order valence-electron chi connectivity index (χ1n) is 7.55. The van der Waals surface area contributed by atoms with Crippen molar-refractivity contribution in [2.24, 2.45) is 0 Å². The van der Waals surface area contributed by atoms with Crippen molar-refractivity contribution < 1.29 is 18.0 Å². The van der Waals surface area contributed by atoms with Crippen LogP contribution in [-0.4, -0.2) is 26.8 Å². The van der Waals surface area contributed by atoms with Gasteiger partial charge in [0.25, 0.3) is 10.0 Å². The van der Waals surface area contributed by atoms with Crippen molar-refractivity contribution in [3.63, 3.8) is 0 Å². The highest BCUT2D eigenvalue weighted by Gasteiger charge is 2.19. The van der Waals surface area contributed by atoms with Gasteiger partial charge in [-0.05, 0) is 29.7 Å². The molecule has 2 N–H and O–H groups in total. The summed E-state index contributed by atoms with van der Waals surface area (Å²) in [6.45, 7) is 9.70. The molecule has 0 aromatic heterocycles. The van der Waals surface area contributed by atoms with Crippen LogP contribution < -0.4 is 10.0 Å². The summed E-state index contributed by atoms with van der Waals surface area (Å²) in [5.41, 5.74) is 1.34. The van der Waals surface area contributed by atoms with E-state index in [1.165, 1.54) is 18.2 Å². The lowest BCUT2D eigenvalue weighted by atomic mass is 10.1. The Morgan fingerprint density at radius 1 is 1.08 bits per heavy atom. The summed E-state index contributed by atoms with van der Waals surface area (Å²) in [7, 11) is -4.00. The largest absolute Gasteiger partial charge is 0.356 e. The maximum Gasteiger partial charge on any atom is 0.264 e. The lowest BCUT2D eigenvalue weighted by Gasteiger charge is -2.09. The molecule has 1 aromatic carbocycles. The van der Waals surface area contributed by atoms with E-state index in [4.69, 9.17) is 0 Å². The topological polar surface area (TPSA) is 92.3 Å². The van der Waals surface area contributed by atoms with E-state index in [2.05, 4.69) is 18.5 Å². The Kier molecular flexibility index (Phi) is 7.38. The Hall–Kier alpha value is -2.41. The molecule has 0 atom stereocenters. The second kappa shape index (κ2) is 9.02. The van der Waals surface area contributed by atoms with Crippen molar-refractivity contribution in [1.29, 1.82) is 0 Å². The molecule has 0 saturated heterocycles. The highest BCUT2D eigenvalue weighted by molar-refractivity contribution is 7.90. The van der Waals surface area contributed by atoms with Crippen molar-refractivity contribution in [3.8, 4) is 0 Å². The van der Waals surface area contributed by atoms with E-state index in [1.54, 1.807) is 12.1 Å². The minimum atomic E-state index is -4.00. The third-order valence-electron chi connectivity index (χ3n) is 3.21. The summed E-state index contributed by atoms with van der Waals surface area (Å²) >= 11 is 0. The number of nitrogens with one attached hydrogen (secondary N) is 2. The van der Waals surface area contributed by atoms with Gasteiger partial charge in [-0.2, -0.15) is 0 Å². The van der Waals surface area contributed by atoms with Gasteiger partial charge in [-0.1, -0.05) is 38.3 Å². The van der Waals surface area contributed by atoms with Crippen molar-refractivity contribution in [3.05, 3.63) is 42.5 Å². The molecule has 24 heavy (non-hydrogen) atoms. The van der Waals surface area contributed by atoms with Crippen molar-refractivity contribution in [1.82, 2.24) is 10.0 Å². The van der Waals surface area contributed by atoms with Crippen LogP contribution in [0.1, 0.15) is 37.3 Å². The van der Waals surface area contributed by atoms with Gasteiger partial charge >= 0.3 is 0 Å². The molecule has 0 spiro atoms. The van der Waals surface area contributed by atoms with Crippen molar-refractivity contribution in [2.45, 2.75) is 31.1 Å². The van der Waals surface area contributed by atoms with E-state index in [9.17, 15) is 18.0 Å². The molecule has 0 radical (unpaired) electrons. The van der Waals surface area contributed by atoms with E-state index in [0.29, 0.717) is 12.1 Å². The third kappa shape index (κ3) is 5.66. The second-order valence-electron chi connectivity index (χ2n) is 5.08. The minimum Gasteiger partial charge on any atom is -0.356 e. The number of hydrogen-bond acceptors (Lipinski definition) is 4. The average molecular weight is 350 g/mol. The van der Waals surface area contributed by atoms with E-state index >= 15 is 0 Å². The number of sulfonamides is 1. The molecule has 2 amide bonds. The standard InChI is InChI=1S/C17H22N2O4S/c1-4-11-18-16(20)9-10-17(21)19-24(22,23)15-8-7-13(5-2)14(6-3)12-15/h5-8,12H,2-4,9-11H2,1H3,(H,18,20)(H,19,21). The molecule has 0 fully saturated rings. The maximum absolute atomic E-state index is 12.2. The number of rotatable bonds is 9. The van der Waals surface area contributed by atoms with Gasteiger partial charge in [0.1, 0.15) is 0 Å². The van der Waals surface area contributed by atoms with E-state index in [-0.39, 0.29) is 23.6 Å². The van der Waals surface area contributed by atoms with Crippen LogP contribution in [0, 0.1) is 0 Å². The molecule has 1 rings (SSSR count). The van der Waals surface area contributed by atoms with Crippen LogP contribution in [0.3, 0.4) is 0 Å². The zero-order valence-corrected chi connectivity index (χ0v) is 14.5. The first kappa shape index (κ1) is 19.6.